The average molecular weight is 330 g/mol. The fourth-order valence-electron chi connectivity index (χ4n) is 2.33. The highest BCUT2D eigenvalue weighted by Crippen LogP contribution is 2.30. The summed E-state index contributed by atoms with van der Waals surface area (Å²) in [4.78, 5) is 23.7. The lowest BCUT2D eigenvalue weighted by atomic mass is 10.1. The summed E-state index contributed by atoms with van der Waals surface area (Å²) in [7, 11) is 0. The highest BCUT2D eigenvalue weighted by Gasteiger charge is 2.29. The lowest BCUT2D eigenvalue weighted by molar-refractivity contribution is -0.117. The quantitative estimate of drug-likeness (QED) is 0.884. The molecule has 2 aromatic rings. The fourth-order valence-corrected chi connectivity index (χ4v) is 2.33. The van der Waals surface area contributed by atoms with E-state index in [1.54, 1.807) is 24.3 Å². The van der Waals surface area contributed by atoms with Gasteiger partial charge in [0.25, 0.3) is 5.91 Å². The van der Waals surface area contributed by atoms with Crippen molar-refractivity contribution in [1.29, 1.82) is 0 Å². The number of amides is 2. The van der Waals surface area contributed by atoms with Gasteiger partial charge in [0.15, 0.2) is 0 Å². The minimum atomic E-state index is -0.905. The largest absolute Gasteiger partial charge is 0.348 e. The van der Waals surface area contributed by atoms with Crippen LogP contribution in [-0.2, 0) is 11.3 Å². The number of rotatable bonds is 5. The van der Waals surface area contributed by atoms with Gasteiger partial charge in [0.05, 0.1) is 0 Å². The predicted octanol–water partition coefficient (Wildman–Crippen LogP) is 3.24. The van der Waals surface area contributed by atoms with Gasteiger partial charge in [-0.15, -0.1) is 0 Å². The van der Waals surface area contributed by atoms with Crippen molar-refractivity contribution in [2.75, 3.05) is 5.32 Å². The van der Waals surface area contributed by atoms with E-state index in [0.29, 0.717) is 11.3 Å². The molecule has 1 aliphatic carbocycles. The Labute approximate surface area is 137 Å². The van der Waals surface area contributed by atoms with Gasteiger partial charge < -0.3 is 10.6 Å². The maximum absolute atomic E-state index is 13.6. The molecule has 0 spiro atoms. The van der Waals surface area contributed by atoms with E-state index in [-0.39, 0.29) is 18.4 Å². The number of benzene rings is 2. The number of carbonyl (C=O) groups excluding carboxylic acids is 2. The molecule has 0 saturated heterocycles. The lowest BCUT2D eigenvalue weighted by Gasteiger charge is -2.09. The van der Waals surface area contributed by atoms with Crippen molar-refractivity contribution < 1.29 is 18.4 Å². The summed E-state index contributed by atoms with van der Waals surface area (Å²) in [5, 5.41) is 5.29. The predicted molar refractivity (Wildman–Crippen MR) is 85.3 cm³/mol. The molecule has 1 saturated carbocycles. The third-order valence-electron chi connectivity index (χ3n) is 3.79. The van der Waals surface area contributed by atoms with Gasteiger partial charge >= 0.3 is 0 Å². The Morgan fingerprint density at radius 1 is 1.04 bits per heavy atom. The molecule has 2 aromatic carbocycles. The molecule has 24 heavy (non-hydrogen) atoms. The summed E-state index contributed by atoms with van der Waals surface area (Å²) in [6.45, 7) is 0.0970. The Kier molecular flexibility index (Phi) is 4.55. The molecule has 6 heteroatoms. The second-order valence-electron chi connectivity index (χ2n) is 5.74. The third-order valence-corrected chi connectivity index (χ3v) is 3.79. The van der Waals surface area contributed by atoms with E-state index < -0.39 is 23.1 Å². The van der Waals surface area contributed by atoms with Crippen LogP contribution in [-0.4, -0.2) is 11.8 Å². The summed E-state index contributed by atoms with van der Waals surface area (Å²) in [5.74, 6) is -2.55. The molecule has 3 rings (SSSR count). The molecule has 0 aliphatic heterocycles. The van der Waals surface area contributed by atoms with Crippen LogP contribution in [0.15, 0.2) is 42.5 Å². The van der Waals surface area contributed by atoms with Crippen molar-refractivity contribution in [2.45, 2.75) is 19.4 Å². The zero-order valence-electron chi connectivity index (χ0n) is 12.8. The molecule has 2 N–H and O–H groups in total. The third kappa shape index (κ3) is 3.76. The number of halogens is 2. The SMILES string of the molecule is O=C(NCc1cccc(NC(=O)C2CC2)c1)c1c(F)cccc1F. The van der Waals surface area contributed by atoms with Crippen LogP contribution in [0.2, 0.25) is 0 Å². The molecule has 0 radical (unpaired) electrons. The fraction of sp³-hybridized carbons (Fsp3) is 0.222. The maximum Gasteiger partial charge on any atom is 0.257 e. The minimum absolute atomic E-state index is 0.00962. The molecule has 1 aliphatic rings. The highest BCUT2D eigenvalue weighted by molar-refractivity contribution is 5.95. The molecule has 124 valence electrons. The van der Waals surface area contributed by atoms with Crippen molar-refractivity contribution >= 4 is 17.5 Å². The van der Waals surface area contributed by atoms with E-state index in [0.717, 1.165) is 25.0 Å². The Morgan fingerprint density at radius 2 is 1.71 bits per heavy atom. The van der Waals surface area contributed by atoms with E-state index in [9.17, 15) is 18.4 Å². The van der Waals surface area contributed by atoms with Gasteiger partial charge in [-0.05, 0) is 42.7 Å². The van der Waals surface area contributed by atoms with Crippen molar-refractivity contribution in [1.82, 2.24) is 5.32 Å². The molecule has 0 atom stereocenters. The Bertz CT molecular complexity index is 768. The number of anilines is 1. The molecule has 2 amide bonds. The second-order valence-corrected chi connectivity index (χ2v) is 5.74. The van der Waals surface area contributed by atoms with Gasteiger partial charge in [0, 0.05) is 18.2 Å². The minimum Gasteiger partial charge on any atom is -0.348 e. The molecule has 0 aromatic heterocycles. The van der Waals surface area contributed by atoms with Crippen LogP contribution in [0, 0.1) is 17.6 Å². The molecule has 4 nitrogen and oxygen atoms in total. The Morgan fingerprint density at radius 3 is 2.38 bits per heavy atom. The zero-order valence-corrected chi connectivity index (χ0v) is 12.8. The van der Waals surface area contributed by atoms with Crippen LogP contribution in [0.1, 0.15) is 28.8 Å². The van der Waals surface area contributed by atoms with E-state index >= 15 is 0 Å². The summed E-state index contributed by atoms with van der Waals surface area (Å²) < 4.78 is 27.1. The van der Waals surface area contributed by atoms with Gasteiger partial charge in [-0.2, -0.15) is 0 Å². The van der Waals surface area contributed by atoms with E-state index in [4.69, 9.17) is 0 Å². The number of hydrogen-bond acceptors (Lipinski definition) is 2. The number of hydrogen-bond donors (Lipinski definition) is 2. The zero-order chi connectivity index (χ0) is 17.1. The van der Waals surface area contributed by atoms with Crippen LogP contribution in [0.25, 0.3) is 0 Å². The first-order valence-electron chi connectivity index (χ1n) is 7.66. The van der Waals surface area contributed by atoms with Crippen molar-refractivity contribution in [3.05, 3.63) is 65.2 Å². The second kappa shape index (κ2) is 6.78. The lowest BCUT2D eigenvalue weighted by Crippen LogP contribution is -2.25. The summed E-state index contributed by atoms with van der Waals surface area (Å²) in [6, 6.07) is 10.2. The maximum atomic E-state index is 13.6. The molecule has 0 bridgehead atoms. The van der Waals surface area contributed by atoms with Crippen LogP contribution >= 0.6 is 0 Å². The van der Waals surface area contributed by atoms with Crippen molar-refractivity contribution in [2.24, 2.45) is 5.92 Å². The van der Waals surface area contributed by atoms with Gasteiger partial charge in [0.2, 0.25) is 5.91 Å². The van der Waals surface area contributed by atoms with Gasteiger partial charge in [-0.1, -0.05) is 18.2 Å². The average Bonchev–Trinajstić information content (AvgIpc) is 3.38. The van der Waals surface area contributed by atoms with E-state index in [1.165, 1.54) is 6.07 Å². The molecule has 0 unspecified atom stereocenters. The molecule has 0 heterocycles. The van der Waals surface area contributed by atoms with E-state index in [2.05, 4.69) is 10.6 Å². The first-order chi connectivity index (χ1) is 11.5. The molecular weight excluding hydrogens is 314 g/mol. The highest BCUT2D eigenvalue weighted by atomic mass is 19.1. The molecular formula is C18H16F2N2O2. The standard InChI is InChI=1S/C18H16F2N2O2/c19-14-5-2-6-15(20)16(14)18(24)21-10-11-3-1-4-13(9-11)22-17(23)12-7-8-12/h1-6,9,12H,7-8,10H2,(H,21,24)(H,22,23). The van der Waals surface area contributed by atoms with Gasteiger partial charge in [-0.3, -0.25) is 9.59 Å². The summed E-state index contributed by atoms with van der Waals surface area (Å²) in [5.41, 5.74) is 0.750. The first-order valence-corrected chi connectivity index (χ1v) is 7.66. The van der Waals surface area contributed by atoms with Crippen molar-refractivity contribution in [3.8, 4) is 0 Å². The number of nitrogens with one attached hydrogen (secondary N) is 2. The van der Waals surface area contributed by atoms with Gasteiger partial charge in [-0.25, -0.2) is 8.78 Å². The van der Waals surface area contributed by atoms with Crippen LogP contribution in [0.3, 0.4) is 0 Å². The summed E-state index contributed by atoms with van der Waals surface area (Å²) in [6.07, 6.45) is 1.82. The van der Waals surface area contributed by atoms with Crippen LogP contribution in [0.4, 0.5) is 14.5 Å². The normalized spacial score (nSPS) is 13.4. The monoisotopic (exact) mass is 330 g/mol. The van der Waals surface area contributed by atoms with Crippen LogP contribution < -0.4 is 10.6 Å². The molecule has 1 fully saturated rings. The Hall–Kier alpha value is -2.76. The van der Waals surface area contributed by atoms with Gasteiger partial charge in [0.1, 0.15) is 17.2 Å². The Balaban J connectivity index is 1.64. The number of carbonyl (C=O) groups is 2. The summed E-state index contributed by atoms with van der Waals surface area (Å²) >= 11 is 0. The van der Waals surface area contributed by atoms with Crippen molar-refractivity contribution in [3.63, 3.8) is 0 Å². The topological polar surface area (TPSA) is 58.2 Å². The van der Waals surface area contributed by atoms with Crippen LogP contribution in [0.5, 0.6) is 0 Å². The smallest absolute Gasteiger partial charge is 0.257 e. The van der Waals surface area contributed by atoms with E-state index in [1.807, 2.05) is 0 Å². The first kappa shape index (κ1) is 16.1.